The van der Waals surface area contributed by atoms with E-state index in [9.17, 15) is 0 Å². The number of hydrogen-bond donors (Lipinski definition) is 0. The Bertz CT molecular complexity index is 763. The molecule has 0 bridgehead atoms. The summed E-state index contributed by atoms with van der Waals surface area (Å²) in [6, 6.07) is 8.69. The molecule has 0 spiro atoms. The fourth-order valence-corrected chi connectivity index (χ4v) is 12.1. The normalized spacial score (nSPS) is 12.7. The van der Waals surface area contributed by atoms with Gasteiger partial charge in [0, 0.05) is 22.6 Å². The topological polar surface area (TPSA) is 0 Å². The van der Waals surface area contributed by atoms with Crippen LogP contribution in [0.4, 0.5) is 0 Å². The van der Waals surface area contributed by atoms with E-state index in [1.165, 1.54) is 9.75 Å². The van der Waals surface area contributed by atoms with Gasteiger partial charge in [-0.25, -0.2) is 0 Å². The zero-order valence-corrected chi connectivity index (χ0v) is 30.9. The van der Waals surface area contributed by atoms with Crippen LogP contribution in [0.2, 0.25) is 0 Å². The fourth-order valence-electron chi connectivity index (χ4n) is 4.31. The maximum Gasteiger partial charge on any atom is 2.00 e. The van der Waals surface area contributed by atoms with Crippen LogP contribution in [0.25, 0.3) is 0 Å². The first-order chi connectivity index (χ1) is 15.4. The zero-order valence-electron chi connectivity index (χ0n) is 25.0. The molecule has 0 fully saturated rings. The molecule has 0 nitrogen and oxygen atoms in total. The Morgan fingerprint density at radius 1 is 0.568 bits per heavy atom. The maximum absolute atomic E-state index is 2.48. The van der Waals surface area contributed by atoms with Crippen molar-refractivity contribution in [2.45, 2.75) is 117 Å². The third-order valence-electron chi connectivity index (χ3n) is 5.20. The Labute approximate surface area is 263 Å². The van der Waals surface area contributed by atoms with Gasteiger partial charge in [0.05, 0.1) is 0 Å². The van der Waals surface area contributed by atoms with Gasteiger partial charge >= 0.3 is 16.5 Å². The molecule has 2 heterocycles. The number of rotatable bonds is 6. The van der Waals surface area contributed by atoms with Gasteiger partial charge in [-0.3, -0.25) is 0 Å². The molecular weight excluding hydrogens is 616 g/mol. The summed E-state index contributed by atoms with van der Waals surface area (Å²) in [6.07, 6.45) is 6.91. The Morgan fingerprint density at radius 2 is 0.838 bits per heavy atom. The quantitative estimate of drug-likeness (QED) is 0.272. The van der Waals surface area contributed by atoms with Crippen molar-refractivity contribution in [2.75, 3.05) is 0 Å². The molecule has 216 valence electrons. The molecule has 0 saturated heterocycles. The van der Waals surface area contributed by atoms with Crippen LogP contribution in [0.1, 0.15) is 92.8 Å². The molecule has 2 aromatic heterocycles. The molecule has 0 aliphatic heterocycles. The van der Waals surface area contributed by atoms with Gasteiger partial charge in [0.25, 0.3) is 0 Å². The van der Waals surface area contributed by atoms with Crippen molar-refractivity contribution in [1.29, 1.82) is 0 Å². The summed E-state index contributed by atoms with van der Waals surface area (Å²) >= 11 is 3.69. The van der Waals surface area contributed by atoms with E-state index in [4.69, 9.17) is 0 Å². The van der Waals surface area contributed by atoms with Gasteiger partial charge in [0.1, 0.15) is 0 Å². The van der Waals surface area contributed by atoms with Gasteiger partial charge in [0.15, 0.2) is 0 Å². The summed E-state index contributed by atoms with van der Waals surface area (Å²) in [6.45, 7) is 28.3. The van der Waals surface area contributed by atoms with Crippen LogP contribution in [0, 0.1) is 0 Å². The van der Waals surface area contributed by atoms with Crippen molar-refractivity contribution in [3.8, 4) is 0 Å². The number of thiophene rings is 2. The minimum atomic E-state index is -0.100. The first kappa shape index (κ1) is 42.3. The predicted molar refractivity (Wildman–Crippen MR) is 167 cm³/mol. The van der Waals surface area contributed by atoms with E-state index >= 15 is 0 Å². The molecule has 0 amide bonds. The maximum atomic E-state index is 2.48. The average molecular weight is 666 g/mol. The van der Waals surface area contributed by atoms with Gasteiger partial charge in [-0.15, -0.1) is 22.7 Å². The molecule has 2 rings (SSSR count). The van der Waals surface area contributed by atoms with Gasteiger partial charge in [-0.1, -0.05) is 135 Å². The van der Waals surface area contributed by atoms with Crippen LogP contribution >= 0.6 is 38.5 Å². The van der Waals surface area contributed by atoms with Gasteiger partial charge in [-0.2, -0.15) is 0 Å². The number of allylic oxidation sites excluding steroid dienone is 2. The molecule has 0 aromatic carbocycles. The summed E-state index contributed by atoms with van der Waals surface area (Å²) < 4.78 is 0. The second-order valence-electron chi connectivity index (χ2n) is 12.8. The smallest absolute Gasteiger partial charge is 1.00 e. The van der Waals surface area contributed by atoms with Crippen LogP contribution in [0.5, 0.6) is 0 Å². The van der Waals surface area contributed by atoms with Gasteiger partial charge in [-0.05, 0) is 43.5 Å². The Kier molecular flexibility index (Phi) is 20.9. The molecule has 0 aliphatic carbocycles. The molecule has 0 saturated carbocycles. The van der Waals surface area contributed by atoms with Gasteiger partial charge < -0.3 is 24.8 Å². The van der Waals surface area contributed by atoms with Crippen molar-refractivity contribution < 1.29 is 41.3 Å². The van der Waals surface area contributed by atoms with E-state index in [-0.39, 0.29) is 57.1 Å². The van der Waals surface area contributed by atoms with E-state index < -0.39 is 0 Å². The zero-order chi connectivity index (χ0) is 26.2. The minimum absolute atomic E-state index is 0. The fraction of sp³-hybridized carbons (Fsp3) is 0.600. The first-order valence-corrected chi connectivity index (χ1v) is 17.0. The van der Waals surface area contributed by atoms with Crippen LogP contribution in [-0.4, -0.2) is 20.6 Å². The molecule has 7 heteroatoms. The molecule has 0 atom stereocenters. The average Bonchev–Trinajstić information content (AvgIpc) is 3.32. The first-order valence-electron chi connectivity index (χ1n) is 12.4. The predicted octanol–water partition coefficient (Wildman–Crippen LogP) is 5.77. The van der Waals surface area contributed by atoms with Crippen molar-refractivity contribution in [3.63, 3.8) is 0 Å². The molecule has 37 heavy (non-hydrogen) atoms. The third-order valence-corrected chi connectivity index (χ3v) is 13.8. The minimum Gasteiger partial charge on any atom is -1.00 e. The molecule has 0 aliphatic rings. The summed E-state index contributed by atoms with van der Waals surface area (Å²) in [5.74, 6) is 4.96. The van der Waals surface area contributed by atoms with E-state index in [1.54, 1.807) is 0 Å². The standard InChI is InChI=1S/2C15H25PS.2ClH.Ni/c2*1-14(2,3)16(15(4,5)6)11-7-9-13-10-8-12-17-13;;;/h2*7-8,10-12H,9H2,1-6H3;2*1H;/q;;;;+2/p-2. The summed E-state index contributed by atoms with van der Waals surface area (Å²) in [7, 11) is -0.201. The molecule has 0 unspecified atom stereocenters. The molecule has 2 aromatic rings. The van der Waals surface area contributed by atoms with Crippen LogP contribution in [-0.2, 0) is 29.3 Å². The summed E-state index contributed by atoms with van der Waals surface area (Å²) in [5, 5.41) is 5.86. The molecular formula is C30H50Cl2NiP2S2. The molecule has 0 radical (unpaired) electrons. The number of halogens is 2. The van der Waals surface area contributed by atoms with Crippen LogP contribution in [0.15, 0.2) is 58.8 Å². The van der Waals surface area contributed by atoms with Crippen LogP contribution in [0.3, 0.4) is 0 Å². The SMILES string of the molecule is CC(C)(C)P(C=CCc1cccs1)C(C)(C)C.CC(C)(C)P(C=CCc1cccs1)C(C)(C)C.[Cl-].[Cl-].[Ni+2]. The Hall–Kier alpha value is 0.814. The van der Waals surface area contributed by atoms with Gasteiger partial charge in [0.2, 0.25) is 0 Å². The second kappa shape index (κ2) is 18.3. The van der Waals surface area contributed by atoms with E-state index in [1.807, 2.05) is 22.7 Å². The third kappa shape index (κ3) is 17.3. The van der Waals surface area contributed by atoms with E-state index in [2.05, 4.69) is 142 Å². The van der Waals surface area contributed by atoms with E-state index in [0.29, 0.717) is 20.6 Å². The summed E-state index contributed by atoms with van der Waals surface area (Å²) in [4.78, 5) is 2.91. The van der Waals surface area contributed by atoms with Crippen molar-refractivity contribution in [2.24, 2.45) is 0 Å². The van der Waals surface area contributed by atoms with Crippen molar-refractivity contribution in [1.82, 2.24) is 0 Å². The largest absolute Gasteiger partial charge is 2.00 e. The van der Waals surface area contributed by atoms with E-state index in [0.717, 1.165) is 12.8 Å². The number of hydrogen-bond acceptors (Lipinski definition) is 2. The monoisotopic (exact) mass is 664 g/mol. The second-order valence-corrected chi connectivity index (χ2v) is 22.3. The van der Waals surface area contributed by atoms with Crippen molar-refractivity contribution >= 4 is 38.5 Å². The summed E-state index contributed by atoms with van der Waals surface area (Å²) in [5.41, 5.74) is 0. The molecule has 0 N–H and O–H groups in total. The Balaban J connectivity index is -0.000000578. The van der Waals surface area contributed by atoms with Crippen LogP contribution < -0.4 is 24.8 Å². The Morgan fingerprint density at radius 3 is 1.03 bits per heavy atom. The van der Waals surface area contributed by atoms with Crippen molar-refractivity contribution in [3.05, 3.63) is 68.6 Å².